The monoisotopic (exact) mass is 285 g/mol. The van der Waals surface area contributed by atoms with Crippen LogP contribution in [0.25, 0.3) is 0 Å². The zero-order valence-corrected chi connectivity index (χ0v) is 13.7. The number of nitrogens with zero attached hydrogens (tertiary/aromatic N) is 2. The normalized spacial score (nSPS) is 12.6. The van der Waals surface area contributed by atoms with Gasteiger partial charge in [0.2, 0.25) is 0 Å². The Bertz CT molecular complexity index is 572. The molecule has 0 aliphatic heterocycles. The van der Waals surface area contributed by atoms with Crippen molar-refractivity contribution >= 4 is 0 Å². The van der Waals surface area contributed by atoms with E-state index in [1.54, 1.807) is 0 Å². The molecule has 0 saturated heterocycles. The van der Waals surface area contributed by atoms with E-state index in [1.165, 1.54) is 16.8 Å². The minimum Gasteiger partial charge on any atom is -0.314 e. The number of hydrogen-bond acceptors (Lipinski definition) is 2. The van der Waals surface area contributed by atoms with Gasteiger partial charge in [-0.3, -0.25) is 4.68 Å². The quantitative estimate of drug-likeness (QED) is 0.846. The highest BCUT2D eigenvalue weighted by Gasteiger charge is 2.12. The van der Waals surface area contributed by atoms with Crippen molar-refractivity contribution in [3.63, 3.8) is 0 Å². The Kier molecular flexibility index (Phi) is 5.57. The number of hydrogen-bond donors (Lipinski definition) is 1. The lowest BCUT2D eigenvalue weighted by atomic mass is 10.0. The zero-order chi connectivity index (χ0) is 15.2. The van der Waals surface area contributed by atoms with Crippen molar-refractivity contribution in [2.45, 2.75) is 46.1 Å². The molecule has 0 aliphatic carbocycles. The largest absolute Gasteiger partial charge is 0.314 e. The summed E-state index contributed by atoms with van der Waals surface area (Å²) >= 11 is 0. The summed E-state index contributed by atoms with van der Waals surface area (Å²) in [6, 6.07) is 11.5. The molecule has 1 heterocycles. The molecule has 1 unspecified atom stereocenters. The zero-order valence-electron chi connectivity index (χ0n) is 13.7. The standard InChI is InChI=1S/C18H27N3/c1-5-19-17(13-18-12-15(3)20-21(18)4)10-9-16-8-6-7-14(2)11-16/h6-8,11-12,17,19H,5,9-10,13H2,1-4H3. The number of nitrogens with one attached hydrogen (secondary N) is 1. The molecule has 0 bridgehead atoms. The van der Waals surface area contributed by atoms with Gasteiger partial charge >= 0.3 is 0 Å². The highest BCUT2D eigenvalue weighted by molar-refractivity contribution is 5.22. The topological polar surface area (TPSA) is 29.9 Å². The van der Waals surface area contributed by atoms with Crippen LogP contribution in [0.5, 0.6) is 0 Å². The summed E-state index contributed by atoms with van der Waals surface area (Å²) in [6.07, 6.45) is 3.31. The molecule has 1 aromatic heterocycles. The maximum Gasteiger partial charge on any atom is 0.0596 e. The summed E-state index contributed by atoms with van der Waals surface area (Å²) in [7, 11) is 2.03. The van der Waals surface area contributed by atoms with Gasteiger partial charge in [0.15, 0.2) is 0 Å². The molecule has 21 heavy (non-hydrogen) atoms. The summed E-state index contributed by atoms with van der Waals surface area (Å²) in [6.45, 7) is 7.39. The van der Waals surface area contributed by atoms with Crippen LogP contribution < -0.4 is 5.32 Å². The first-order valence-corrected chi connectivity index (χ1v) is 7.87. The average molecular weight is 285 g/mol. The molecule has 2 rings (SSSR count). The van der Waals surface area contributed by atoms with Crippen LogP contribution in [0.15, 0.2) is 30.3 Å². The maximum absolute atomic E-state index is 4.44. The van der Waals surface area contributed by atoms with Gasteiger partial charge in [-0.1, -0.05) is 36.8 Å². The van der Waals surface area contributed by atoms with E-state index in [0.29, 0.717) is 6.04 Å². The van der Waals surface area contributed by atoms with Crippen molar-refractivity contribution in [2.75, 3.05) is 6.54 Å². The minimum absolute atomic E-state index is 0.505. The molecule has 2 aromatic rings. The Labute approximate surface area is 128 Å². The Balaban J connectivity index is 1.97. The molecular formula is C18H27N3. The second-order valence-electron chi connectivity index (χ2n) is 5.89. The van der Waals surface area contributed by atoms with Crippen molar-refractivity contribution in [3.8, 4) is 0 Å². The second kappa shape index (κ2) is 7.41. The van der Waals surface area contributed by atoms with Gasteiger partial charge in [-0.2, -0.15) is 5.10 Å². The molecule has 0 radical (unpaired) electrons. The molecule has 3 nitrogen and oxygen atoms in total. The molecular weight excluding hydrogens is 258 g/mol. The predicted octanol–water partition coefficient (Wildman–Crippen LogP) is 3.19. The Morgan fingerprint density at radius 1 is 1.24 bits per heavy atom. The van der Waals surface area contributed by atoms with Gasteiger partial charge in [0.25, 0.3) is 0 Å². The fourth-order valence-corrected chi connectivity index (χ4v) is 2.88. The Hall–Kier alpha value is -1.61. The van der Waals surface area contributed by atoms with E-state index in [1.807, 2.05) is 11.7 Å². The number of aromatic nitrogens is 2. The van der Waals surface area contributed by atoms with E-state index >= 15 is 0 Å². The summed E-state index contributed by atoms with van der Waals surface area (Å²) in [4.78, 5) is 0. The summed E-state index contributed by atoms with van der Waals surface area (Å²) in [5, 5.41) is 8.05. The molecule has 114 valence electrons. The number of likely N-dealkylation sites (N-methyl/N-ethyl adjacent to an activating group) is 1. The highest BCUT2D eigenvalue weighted by atomic mass is 15.3. The van der Waals surface area contributed by atoms with Gasteiger partial charge in [-0.25, -0.2) is 0 Å². The van der Waals surface area contributed by atoms with Gasteiger partial charge in [-0.15, -0.1) is 0 Å². The van der Waals surface area contributed by atoms with Crippen LogP contribution in [-0.2, 0) is 19.9 Å². The molecule has 0 fully saturated rings. The van der Waals surface area contributed by atoms with E-state index in [4.69, 9.17) is 0 Å². The Morgan fingerprint density at radius 2 is 2.05 bits per heavy atom. The van der Waals surface area contributed by atoms with E-state index in [0.717, 1.165) is 31.5 Å². The summed E-state index contributed by atoms with van der Waals surface area (Å²) in [5.74, 6) is 0. The smallest absolute Gasteiger partial charge is 0.0596 e. The van der Waals surface area contributed by atoms with Crippen LogP contribution in [0, 0.1) is 13.8 Å². The summed E-state index contributed by atoms with van der Waals surface area (Å²) < 4.78 is 2.01. The molecule has 1 atom stereocenters. The lowest BCUT2D eigenvalue weighted by molar-refractivity contribution is 0.477. The SMILES string of the molecule is CCNC(CCc1cccc(C)c1)Cc1cc(C)nn1C. The molecule has 0 aliphatic rings. The van der Waals surface area contributed by atoms with Crippen molar-refractivity contribution in [3.05, 3.63) is 52.8 Å². The lowest BCUT2D eigenvalue weighted by Crippen LogP contribution is -2.32. The third kappa shape index (κ3) is 4.71. The molecule has 1 N–H and O–H groups in total. The van der Waals surface area contributed by atoms with Crippen LogP contribution in [0.3, 0.4) is 0 Å². The first kappa shape index (κ1) is 15.8. The van der Waals surface area contributed by atoms with Gasteiger partial charge in [0.05, 0.1) is 5.69 Å². The first-order valence-electron chi connectivity index (χ1n) is 7.87. The average Bonchev–Trinajstić information content (AvgIpc) is 2.74. The second-order valence-corrected chi connectivity index (χ2v) is 5.89. The molecule has 1 aromatic carbocycles. The van der Waals surface area contributed by atoms with Crippen molar-refractivity contribution in [1.82, 2.24) is 15.1 Å². The van der Waals surface area contributed by atoms with Gasteiger partial charge in [-0.05, 0) is 44.9 Å². The molecule has 0 amide bonds. The van der Waals surface area contributed by atoms with E-state index in [2.05, 4.69) is 61.5 Å². The predicted molar refractivity (Wildman–Crippen MR) is 88.6 cm³/mol. The first-order chi connectivity index (χ1) is 10.1. The Morgan fingerprint density at radius 3 is 2.67 bits per heavy atom. The van der Waals surface area contributed by atoms with Crippen LogP contribution >= 0.6 is 0 Å². The molecule has 3 heteroatoms. The number of benzene rings is 1. The van der Waals surface area contributed by atoms with Crippen LogP contribution in [-0.4, -0.2) is 22.4 Å². The van der Waals surface area contributed by atoms with Crippen molar-refractivity contribution in [2.24, 2.45) is 7.05 Å². The van der Waals surface area contributed by atoms with E-state index < -0.39 is 0 Å². The third-order valence-corrected chi connectivity index (χ3v) is 3.91. The van der Waals surface area contributed by atoms with Crippen LogP contribution in [0.2, 0.25) is 0 Å². The van der Waals surface area contributed by atoms with Crippen LogP contribution in [0.1, 0.15) is 35.9 Å². The van der Waals surface area contributed by atoms with Gasteiger partial charge in [0, 0.05) is 25.2 Å². The number of aryl methyl sites for hydroxylation is 4. The van der Waals surface area contributed by atoms with E-state index in [-0.39, 0.29) is 0 Å². The fourth-order valence-electron chi connectivity index (χ4n) is 2.88. The van der Waals surface area contributed by atoms with Crippen molar-refractivity contribution < 1.29 is 0 Å². The fraction of sp³-hybridized carbons (Fsp3) is 0.500. The highest BCUT2D eigenvalue weighted by Crippen LogP contribution is 2.12. The van der Waals surface area contributed by atoms with Crippen molar-refractivity contribution in [1.29, 1.82) is 0 Å². The van der Waals surface area contributed by atoms with Crippen LogP contribution in [0.4, 0.5) is 0 Å². The van der Waals surface area contributed by atoms with Gasteiger partial charge < -0.3 is 5.32 Å². The molecule has 0 spiro atoms. The molecule has 0 saturated carbocycles. The third-order valence-electron chi connectivity index (χ3n) is 3.91. The lowest BCUT2D eigenvalue weighted by Gasteiger charge is -2.18. The maximum atomic E-state index is 4.44. The number of rotatable bonds is 7. The van der Waals surface area contributed by atoms with Gasteiger partial charge in [0.1, 0.15) is 0 Å². The van der Waals surface area contributed by atoms with E-state index in [9.17, 15) is 0 Å². The summed E-state index contributed by atoms with van der Waals surface area (Å²) in [5.41, 5.74) is 5.18. The minimum atomic E-state index is 0.505.